The van der Waals surface area contributed by atoms with E-state index in [9.17, 15) is 4.79 Å². The van der Waals surface area contributed by atoms with Crippen molar-refractivity contribution >= 4 is 17.5 Å². The lowest BCUT2D eigenvalue weighted by atomic mass is 10.2. The number of carbonyl (C=O) groups is 1. The Bertz CT molecular complexity index is 990. The normalized spacial score (nSPS) is 11.0. The van der Waals surface area contributed by atoms with Crippen LogP contribution >= 0.6 is 11.8 Å². The third kappa shape index (κ3) is 3.71. The van der Waals surface area contributed by atoms with E-state index in [-0.39, 0.29) is 5.78 Å². The standard InChI is InChI=1S/C21H26N4O2S/c1-6-24-14(3)12-17(15(24)4)18(26)13-28-21-23-22-20(25(21)7-2)16-10-8-9-11-19(16)27-5/h8-12H,6-7,13H2,1-5H3. The molecule has 2 heterocycles. The molecule has 1 aromatic carbocycles. The summed E-state index contributed by atoms with van der Waals surface area (Å²) in [4.78, 5) is 12.8. The van der Waals surface area contributed by atoms with E-state index in [1.54, 1.807) is 7.11 Å². The molecular weight excluding hydrogens is 372 g/mol. The first kappa shape index (κ1) is 20.2. The quantitative estimate of drug-likeness (QED) is 0.416. The molecule has 3 aromatic rings. The average molecular weight is 399 g/mol. The maximum absolute atomic E-state index is 12.8. The largest absolute Gasteiger partial charge is 0.496 e. The molecule has 2 aromatic heterocycles. The van der Waals surface area contributed by atoms with Crippen LogP contribution in [0.5, 0.6) is 5.75 Å². The van der Waals surface area contributed by atoms with Crippen molar-refractivity contribution < 1.29 is 9.53 Å². The highest BCUT2D eigenvalue weighted by Gasteiger charge is 2.19. The number of ketones is 1. The fourth-order valence-corrected chi connectivity index (χ4v) is 4.37. The van der Waals surface area contributed by atoms with Crippen molar-refractivity contribution in [3.8, 4) is 17.1 Å². The molecule has 0 unspecified atom stereocenters. The zero-order valence-electron chi connectivity index (χ0n) is 17.0. The molecular formula is C21H26N4O2S. The fraction of sp³-hybridized carbons (Fsp3) is 0.381. The molecule has 3 rings (SSSR count). The first-order valence-electron chi connectivity index (χ1n) is 9.41. The Labute approximate surface area is 169 Å². The Morgan fingerprint density at radius 3 is 2.46 bits per heavy atom. The molecule has 0 saturated heterocycles. The van der Waals surface area contributed by atoms with Crippen LogP contribution in [0.1, 0.15) is 35.6 Å². The molecule has 0 aliphatic carbocycles. The predicted octanol–water partition coefficient (Wildman–Crippen LogP) is 4.39. The molecule has 0 aliphatic heterocycles. The van der Waals surface area contributed by atoms with Crippen LogP contribution in [-0.2, 0) is 13.1 Å². The van der Waals surface area contributed by atoms with Gasteiger partial charge in [-0.25, -0.2) is 0 Å². The zero-order chi connectivity index (χ0) is 20.3. The van der Waals surface area contributed by atoms with Crippen molar-refractivity contribution in [1.29, 1.82) is 0 Å². The second-order valence-electron chi connectivity index (χ2n) is 6.49. The van der Waals surface area contributed by atoms with Gasteiger partial charge < -0.3 is 13.9 Å². The SMILES string of the molecule is CCn1c(SCC(=O)c2cc(C)n(CC)c2C)nnc1-c1ccccc1OC. The Kier molecular flexibility index (Phi) is 6.24. The fourth-order valence-electron chi connectivity index (χ4n) is 3.49. The minimum atomic E-state index is 0.113. The van der Waals surface area contributed by atoms with Crippen LogP contribution in [0.3, 0.4) is 0 Å². The van der Waals surface area contributed by atoms with Crippen molar-refractivity contribution in [2.75, 3.05) is 12.9 Å². The lowest BCUT2D eigenvalue weighted by molar-refractivity contribution is 0.102. The number of para-hydroxylation sites is 1. The number of methoxy groups -OCH3 is 1. The molecule has 148 valence electrons. The smallest absolute Gasteiger partial charge is 0.191 e. The Morgan fingerprint density at radius 1 is 1.11 bits per heavy atom. The number of hydrogen-bond donors (Lipinski definition) is 0. The van der Waals surface area contributed by atoms with Gasteiger partial charge in [-0.2, -0.15) is 0 Å². The van der Waals surface area contributed by atoms with E-state index in [1.807, 2.05) is 55.7 Å². The number of hydrogen-bond acceptors (Lipinski definition) is 5. The van der Waals surface area contributed by atoms with Crippen molar-refractivity contribution in [2.45, 2.75) is 45.9 Å². The van der Waals surface area contributed by atoms with Crippen molar-refractivity contribution in [3.63, 3.8) is 0 Å². The van der Waals surface area contributed by atoms with Gasteiger partial charge in [-0.15, -0.1) is 10.2 Å². The summed E-state index contributed by atoms with van der Waals surface area (Å²) < 4.78 is 9.64. The van der Waals surface area contributed by atoms with Gasteiger partial charge in [0.1, 0.15) is 5.75 Å². The molecule has 0 saturated carbocycles. The van der Waals surface area contributed by atoms with Crippen LogP contribution in [0.25, 0.3) is 11.4 Å². The molecule has 0 spiro atoms. The lowest BCUT2D eigenvalue weighted by Gasteiger charge is -2.10. The second-order valence-corrected chi connectivity index (χ2v) is 7.43. The van der Waals surface area contributed by atoms with E-state index in [4.69, 9.17) is 4.74 Å². The number of carbonyl (C=O) groups excluding carboxylic acids is 1. The van der Waals surface area contributed by atoms with Gasteiger partial charge in [-0.3, -0.25) is 4.79 Å². The van der Waals surface area contributed by atoms with E-state index in [0.29, 0.717) is 12.3 Å². The highest BCUT2D eigenvalue weighted by Crippen LogP contribution is 2.31. The Hall–Kier alpha value is -2.54. The summed E-state index contributed by atoms with van der Waals surface area (Å²) in [6.45, 7) is 9.75. The topological polar surface area (TPSA) is 61.9 Å². The van der Waals surface area contributed by atoms with Crippen molar-refractivity contribution in [1.82, 2.24) is 19.3 Å². The number of thioether (sulfide) groups is 1. The zero-order valence-corrected chi connectivity index (χ0v) is 17.8. The summed E-state index contributed by atoms with van der Waals surface area (Å²) in [5.41, 5.74) is 3.82. The highest BCUT2D eigenvalue weighted by molar-refractivity contribution is 7.99. The number of nitrogens with zero attached hydrogens (tertiary/aromatic N) is 4. The van der Waals surface area contributed by atoms with Crippen LogP contribution in [0.2, 0.25) is 0 Å². The number of Topliss-reactive ketones (excluding diaryl/α,β-unsaturated/α-hetero) is 1. The lowest BCUT2D eigenvalue weighted by Crippen LogP contribution is -2.07. The molecule has 28 heavy (non-hydrogen) atoms. The highest BCUT2D eigenvalue weighted by atomic mass is 32.2. The summed E-state index contributed by atoms with van der Waals surface area (Å²) in [7, 11) is 1.65. The minimum absolute atomic E-state index is 0.113. The van der Waals surface area contributed by atoms with Crippen LogP contribution in [0.15, 0.2) is 35.5 Å². The molecule has 0 N–H and O–H groups in total. The third-order valence-electron chi connectivity index (χ3n) is 4.90. The molecule has 0 bridgehead atoms. The molecule has 7 heteroatoms. The van der Waals surface area contributed by atoms with Gasteiger partial charge >= 0.3 is 0 Å². The number of aromatic nitrogens is 4. The summed E-state index contributed by atoms with van der Waals surface area (Å²) in [5, 5.41) is 9.43. The summed E-state index contributed by atoms with van der Waals surface area (Å²) in [6.07, 6.45) is 0. The van der Waals surface area contributed by atoms with Gasteiger partial charge in [0.25, 0.3) is 0 Å². The second kappa shape index (κ2) is 8.65. The predicted molar refractivity (Wildman–Crippen MR) is 112 cm³/mol. The van der Waals surface area contributed by atoms with Crippen LogP contribution < -0.4 is 4.74 Å². The number of benzene rings is 1. The van der Waals surface area contributed by atoms with Crippen LogP contribution in [0, 0.1) is 13.8 Å². The Morgan fingerprint density at radius 2 is 1.82 bits per heavy atom. The van der Waals surface area contributed by atoms with Gasteiger partial charge in [-0.05, 0) is 45.9 Å². The Balaban J connectivity index is 1.82. The van der Waals surface area contributed by atoms with E-state index < -0.39 is 0 Å². The number of aryl methyl sites for hydroxylation is 1. The van der Waals surface area contributed by atoms with E-state index in [0.717, 1.165) is 45.8 Å². The average Bonchev–Trinajstić information content (AvgIpc) is 3.25. The van der Waals surface area contributed by atoms with Gasteiger partial charge in [-0.1, -0.05) is 23.9 Å². The van der Waals surface area contributed by atoms with Gasteiger partial charge in [0, 0.05) is 30.0 Å². The van der Waals surface area contributed by atoms with Crippen LogP contribution in [-0.4, -0.2) is 38.0 Å². The summed E-state index contributed by atoms with van der Waals surface area (Å²) >= 11 is 1.42. The van der Waals surface area contributed by atoms with E-state index in [1.165, 1.54) is 11.8 Å². The monoisotopic (exact) mass is 398 g/mol. The maximum Gasteiger partial charge on any atom is 0.191 e. The van der Waals surface area contributed by atoms with Crippen LogP contribution in [0.4, 0.5) is 0 Å². The molecule has 0 atom stereocenters. The molecule has 6 nitrogen and oxygen atoms in total. The number of ether oxygens (including phenoxy) is 1. The molecule has 0 aliphatic rings. The number of rotatable bonds is 8. The van der Waals surface area contributed by atoms with E-state index >= 15 is 0 Å². The molecule has 0 amide bonds. The maximum atomic E-state index is 12.8. The van der Waals surface area contributed by atoms with Crippen molar-refractivity contribution in [3.05, 3.63) is 47.3 Å². The first-order chi connectivity index (χ1) is 13.5. The van der Waals surface area contributed by atoms with E-state index in [2.05, 4.69) is 21.7 Å². The minimum Gasteiger partial charge on any atom is -0.496 e. The summed E-state index contributed by atoms with van der Waals surface area (Å²) in [6, 6.07) is 9.73. The molecule has 0 fully saturated rings. The van der Waals surface area contributed by atoms with Gasteiger partial charge in [0.15, 0.2) is 16.8 Å². The third-order valence-corrected chi connectivity index (χ3v) is 5.87. The summed E-state index contributed by atoms with van der Waals surface area (Å²) in [5.74, 6) is 1.95. The van der Waals surface area contributed by atoms with Crippen molar-refractivity contribution in [2.24, 2.45) is 0 Å². The molecule has 0 radical (unpaired) electrons. The first-order valence-corrected chi connectivity index (χ1v) is 10.4. The van der Waals surface area contributed by atoms with Gasteiger partial charge in [0.05, 0.1) is 18.4 Å². The van der Waals surface area contributed by atoms with Gasteiger partial charge in [0.2, 0.25) is 0 Å².